The number of hydrogen-bond donors (Lipinski definition) is 2. The maximum atomic E-state index is 14.4. The standard InChI is InChI=1S/C9H15FN2O2/c1-14-7(13)8-2-3-11-5-9(8,10)6-12-4-8/h11-12H,2-6H2,1H3/t8-,9-/m0/s1. The molecule has 0 unspecified atom stereocenters. The quantitative estimate of drug-likeness (QED) is 0.560. The molecule has 0 aromatic heterocycles. The van der Waals surface area contributed by atoms with Gasteiger partial charge in [-0.2, -0.15) is 0 Å². The molecule has 2 saturated heterocycles. The number of carbonyl (C=O) groups excluding carboxylic acids is 1. The van der Waals surface area contributed by atoms with Crippen LogP contribution in [0.5, 0.6) is 0 Å². The van der Waals surface area contributed by atoms with E-state index in [9.17, 15) is 9.18 Å². The molecule has 0 aliphatic carbocycles. The molecule has 0 bridgehead atoms. The molecule has 2 aliphatic rings. The molecule has 0 spiro atoms. The lowest BCUT2D eigenvalue weighted by Gasteiger charge is -2.40. The van der Waals surface area contributed by atoms with Crippen LogP contribution in [0.25, 0.3) is 0 Å². The lowest BCUT2D eigenvalue weighted by molar-refractivity contribution is -0.162. The van der Waals surface area contributed by atoms with Crippen LogP contribution in [0.4, 0.5) is 4.39 Å². The largest absolute Gasteiger partial charge is 0.468 e. The fraction of sp³-hybridized carbons (Fsp3) is 0.889. The highest BCUT2D eigenvalue weighted by Crippen LogP contribution is 2.44. The van der Waals surface area contributed by atoms with E-state index in [1.165, 1.54) is 7.11 Å². The lowest BCUT2D eigenvalue weighted by Crippen LogP contribution is -2.60. The first-order chi connectivity index (χ1) is 6.65. The van der Waals surface area contributed by atoms with E-state index >= 15 is 0 Å². The van der Waals surface area contributed by atoms with Crippen molar-refractivity contribution in [3.8, 4) is 0 Å². The number of ether oxygens (including phenoxy) is 1. The molecule has 80 valence electrons. The molecule has 5 heteroatoms. The number of carbonyl (C=O) groups is 1. The SMILES string of the molecule is COC(=O)[C@@]12CCNC[C@]1(F)CNC2. The summed E-state index contributed by atoms with van der Waals surface area (Å²) in [4.78, 5) is 11.6. The van der Waals surface area contributed by atoms with Gasteiger partial charge in [0, 0.05) is 19.6 Å². The highest BCUT2D eigenvalue weighted by atomic mass is 19.1. The first-order valence-electron chi connectivity index (χ1n) is 4.83. The maximum absolute atomic E-state index is 14.4. The van der Waals surface area contributed by atoms with Crippen molar-refractivity contribution in [3.05, 3.63) is 0 Å². The summed E-state index contributed by atoms with van der Waals surface area (Å²) in [5, 5.41) is 5.92. The topological polar surface area (TPSA) is 50.4 Å². The van der Waals surface area contributed by atoms with E-state index in [0.29, 0.717) is 19.5 Å². The van der Waals surface area contributed by atoms with E-state index in [1.807, 2.05) is 0 Å². The molecule has 4 nitrogen and oxygen atoms in total. The molecule has 2 N–H and O–H groups in total. The van der Waals surface area contributed by atoms with Crippen LogP contribution >= 0.6 is 0 Å². The molecular weight excluding hydrogens is 187 g/mol. The Balaban J connectivity index is 2.32. The van der Waals surface area contributed by atoms with Gasteiger partial charge in [0.05, 0.1) is 7.11 Å². The fourth-order valence-electron chi connectivity index (χ4n) is 2.49. The second-order valence-electron chi connectivity index (χ2n) is 4.07. The fourth-order valence-corrected chi connectivity index (χ4v) is 2.49. The molecular formula is C9H15FN2O2. The van der Waals surface area contributed by atoms with Crippen LogP contribution in [-0.4, -0.2) is 44.9 Å². The Labute approximate surface area is 82.2 Å². The van der Waals surface area contributed by atoms with Gasteiger partial charge in [-0.25, -0.2) is 4.39 Å². The Kier molecular flexibility index (Phi) is 2.23. The smallest absolute Gasteiger partial charge is 0.316 e. The zero-order chi connectivity index (χ0) is 10.2. The van der Waals surface area contributed by atoms with Gasteiger partial charge in [-0.05, 0) is 13.0 Å². The highest BCUT2D eigenvalue weighted by molar-refractivity contribution is 5.79. The van der Waals surface area contributed by atoms with Gasteiger partial charge < -0.3 is 15.4 Å². The van der Waals surface area contributed by atoms with Crippen molar-refractivity contribution in [2.24, 2.45) is 5.41 Å². The number of rotatable bonds is 1. The summed E-state index contributed by atoms with van der Waals surface area (Å²) in [6.07, 6.45) is 0.503. The number of esters is 1. The van der Waals surface area contributed by atoms with Gasteiger partial charge in [0.1, 0.15) is 5.41 Å². The molecule has 0 saturated carbocycles. The zero-order valence-corrected chi connectivity index (χ0v) is 8.23. The Hall–Kier alpha value is -0.680. The highest BCUT2D eigenvalue weighted by Gasteiger charge is 2.62. The van der Waals surface area contributed by atoms with Crippen LogP contribution in [0.15, 0.2) is 0 Å². The molecule has 2 aliphatic heterocycles. The number of methoxy groups -OCH3 is 1. The second-order valence-corrected chi connectivity index (χ2v) is 4.07. The van der Waals surface area contributed by atoms with E-state index in [-0.39, 0.29) is 13.1 Å². The van der Waals surface area contributed by atoms with Crippen molar-refractivity contribution >= 4 is 5.97 Å². The van der Waals surface area contributed by atoms with Crippen LogP contribution in [0.1, 0.15) is 6.42 Å². The summed E-state index contributed by atoms with van der Waals surface area (Å²) < 4.78 is 19.1. The molecule has 14 heavy (non-hydrogen) atoms. The van der Waals surface area contributed by atoms with E-state index in [1.54, 1.807) is 0 Å². The minimum Gasteiger partial charge on any atom is -0.468 e. The van der Waals surface area contributed by atoms with Gasteiger partial charge in [0.25, 0.3) is 0 Å². The van der Waals surface area contributed by atoms with Crippen LogP contribution in [-0.2, 0) is 9.53 Å². The third kappa shape index (κ3) is 1.09. The van der Waals surface area contributed by atoms with E-state index < -0.39 is 17.1 Å². The van der Waals surface area contributed by atoms with Gasteiger partial charge in [-0.1, -0.05) is 0 Å². The average Bonchev–Trinajstić information content (AvgIpc) is 2.55. The van der Waals surface area contributed by atoms with Crippen molar-refractivity contribution in [2.75, 3.05) is 33.3 Å². The van der Waals surface area contributed by atoms with Crippen LogP contribution < -0.4 is 10.6 Å². The summed E-state index contributed by atoms with van der Waals surface area (Å²) in [5.41, 5.74) is -2.45. The summed E-state index contributed by atoms with van der Waals surface area (Å²) in [6, 6.07) is 0. The number of alkyl halides is 1. The molecule has 2 heterocycles. The average molecular weight is 202 g/mol. The lowest BCUT2D eigenvalue weighted by atomic mass is 9.71. The number of nitrogens with one attached hydrogen (secondary N) is 2. The molecule has 2 rings (SSSR count). The third-order valence-corrected chi connectivity index (χ3v) is 3.40. The number of hydrogen-bond acceptors (Lipinski definition) is 4. The minimum absolute atomic E-state index is 0.231. The monoisotopic (exact) mass is 202 g/mol. The normalized spacial score (nSPS) is 41.9. The van der Waals surface area contributed by atoms with Crippen molar-refractivity contribution in [1.29, 1.82) is 0 Å². The maximum Gasteiger partial charge on any atom is 0.316 e. The Morgan fingerprint density at radius 1 is 1.36 bits per heavy atom. The van der Waals surface area contributed by atoms with Gasteiger partial charge in [-0.3, -0.25) is 4.79 Å². The molecule has 0 aromatic carbocycles. The zero-order valence-electron chi connectivity index (χ0n) is 8.23. The summed E-state index contributed by atoms with van der Waals surface area (Å²) in [6.45, 7) is 1.52. The second kappa shape index (κ2) is 3.17. The number of halogens is 1. The van der Waals surface area contributed by atoms with Crippen LogP contribution in [0, 0.1) is 5.41 Å². The summed E-state index contributed by atoms with van der Waals surface area (Å²) in [7, 11) is 1.32. The first-order valence-corrected chi connectivity index (χ1v) is 4.83. The van der Waals surface area contributed by atoms with E-state index in [4.69, 9.17) is 4.74 Å². The van der Waals surface area contributed by atoms with Gasteiger partial charge in [0.2, 0.25) is 0 Å². The number of piperidine rings is 1. The Morgan fingerprint density at radius 2 is 2.07 bits per heavy atom. The Bertz CT molecular complexity index is 261. The van der Waals surface area contributed by atoms with Crippen molar-refractivity contribution in [2.45, 2.75) is 12.1 Å². The van der Waals surface area contributed by atoms with Crippen LogP contribution in [0.3, 0.4) is 0 Å². The van der Waals surface area contributed by atoms with Gasteiger partial charge in [0.15, 0.2) is 5.67 Å². The van der Waals surface area contributed by atoms with E-state index in [0.717, 1.165) is 0 Å². The van der Waals surface area contributed by atoms with Gasteiger partial charge >= 0.3 is 5.97 Å². The minimum atomic E-state index is -1.49. The van der Waals surface area contributed by atoms with Gasteiger partial charge in [-0.15, -0.1) is 0 Å². The van der Waals surface area contributed by atoms with Crippen molar-refractivity contribution in [3.63, 3.8) is 0 Å². The molecule has 0 amide bonds. The summed E-state index contributed by atoms with van der Waals surface area (Å²) in [5.74, 6) is -0.425. The molecule has 2 fully saturated rings. The number of fused-ring (bicyclic) bond motifs is 1. The van der Waals surface area contributed by atoms with E-state index in [2.05, 4.69) is 10.6 Å². The molecule has 0 aromatic rings. The third-order valence-electron chi connectivity index (χ3n) is 3.40. The predicted octanol–water partition coefficient (Wildman–Crippen LogP) is -0.549. The first kappa shape index (κ1) is 9.86. The van der Waals surface area contributed by atoms with Crippen molar-refractivity contribution in [1.82, 2.24) is 10.6 Å². The molecule has 0 radical (unpaired) electrons. The summed E-state index contributed by atoms with van der Waals surface area (Å²) >= 11 is 0. The van der Waals surface area contributed by atoms with Crippen LogP contribution in [0.2, 0.25) is 0 Å². The Morgan fingerprint density at radius 3 is 2.79 bits per heavy atom. The predicted molar refractivity (Wildman–Crippen MR) is 48.6 cm³/mol. The molecule has 2 atom stereocenters. The van der Waals surface area contributed by atoms with Crippen molar-refractivity contribution < 1.29 is 13.9 Å².